The third-order valence-corrected chi connectivity index (χ3v) is 2.73. The highest BCUT2D eigenvalue weighted by molar-refractivity contribution is 5.57. The molecule has 0 radical (unpaired) electrons. The molecule has 6 nitrogen and oxygen atoms in total. The van der Waals surface area contributed by atoms with Crippen LogP contribution in [0.15, 0.2) is 18.2 Å². The van der Waals surface area contributed by atoms with E-state index in [1.165, 1.54) is 6.07 Å². The molecule has 112 valence electrons. The van der Waals surface area contributed by atoms with E-state index in [4.69, 9.17) is 4.74 Å². The van der Waals surface area contributed by atoms with Gasteiger partial charge in [-0.3, -0.25) is 10.1 Å². The lowest BCUT2D eigenvalue weighted by Crippen LogP contribution is -2.17. The molecule has 0 unspecified atom stereocenters. The van der Waals surface area contributed by atoms with Gasteiger partial charge in [0.1, 0.15) is 0 Å². The minimum Gasteiger partial charge on any atom is -0.487 e. The predicted molar refractivity (Wildman–Crippen MR) is 80.5 cm³/mol. The molecule has 1 rings (SSSR count). The molecule has 1 aromatic carbocycles. The molecule has 0 saturated carbocycles. The maximum atomic E-state index is 10.9. The van der Waals surface area contributed by atoms with E-state index in [1.54, 1.807) is 12.1 Å². The fraction of sp³-hybridized carbons (Fsp3) is 0.571. The molecule has 20 heavy (non-hydrogen) atoms. The van der Waals surface area contributed by atoms with Crippen LogP contribution >= 0.6 is 0 Å². The monoisotopic (exact) mass is 281 g/mol. The standard InChI is InChI=1S/C14H23N3O3/c1-3-10-20-14-11-12(6-7-13(14)17(18)19)16-9-5-8-15-4-2/h6-7,11,15-16H,3-5,8-10H2,1-2H3. The molecule has 0 aromatic heterocycles. The Labute approximate surface area is 119 Å². The van der Waals surface area contributed by atoms with E-state index in [0.717, 1.165) is 38.2 Å². The normalized spacial score (nSPS) is 10.3. The molecule has 0 aliphatic rings. The highest BCUT2D eigenvalue weighted by Crippen LogP contribution is 2.30. The van der Waals surface area contributed by atoms with Crippen molar-refractivity contribution in [3.8, 4) is 5.75 Å². The second-order valence-corrected chi connectivity index (χ2v) is 4.42. The average Bonchev–Trinajstić information content (AvgIpc) is 2.44. The van der Waals surface area contributed by atoms with Gasteiger partial charge < -0.3 is 15.4 Å². The lowest BCUT2D eigenvalue weighted by molar-refractivity contribution is -0.385. The summed E-state index contributed by atoms with van der Waals surface area (Å²) in [4.78, 5) is 10.5. The van der Waals surface area contributed by atoms with E-state index in [-0.39, 0.29) is 5.69 Å². The van der Waals surface area contributed by atoms with E-state index < -0.39 is 4.92 Å². The second kappa shape index (κ2) is 9.14. The Kier molecular flexibility index (Phi) is 7.42. The van der Waals surface area contributed by atoms with Gasteiger partial charge in [0.25, 0.3) is 0 Å². The third kappa shape index (κ3) is 5.44. The summed E-state index contributed by atoms with van der Waals surface area (Å²) in [6.45, 7) is 7.25. The lowest BCUT2D eigenvalue weighted by Gasteiger charge is -2.10. The fourth-order valence-electron chi connectivity index (χ4n) is 1.73. The summed E-state index contributed by atoms with van der Waals surface area (Å²) < 4.78 is 5.44. The number of anilines is 1. The molecule has 0 saturated heterocycles. The lowest BCUT2D eigenvalue weighted by atomic mass is 10.2. The van der Waals surface area contributed by atoms with Crippen molar-refractivity contribution in [1.29, 1.82) is 0 Å². The van der Waals surface area contributed by atoms with Crippen LogP contribution in [0.25, 0.3) is 0 Å². The number of ether oxygens (including phenoxy) is 1. The Morgan fingerprint density at radius 1 is 1.30 bits per heavy atom. The molecule has 0 fully saturated rings. The van der Waals surface area contributed by atoms with Crippen LogP contribution in [0.4, 0.5) is 11.4 Å². The Bertz CT molecular complexity index is 424. The van der Waals surface area contributed by atoms with Gasteiger partial charge in [-0.15, -0.1) is 0 Å². The largest absolute Gasteiger partial charge is 0.487 e. The molecular formula is C14H23N3O3. The summed E-state index contributed by atoms with van der Waals surface area (Å²) >= 11 is 0. The van der Waals surface area contributed by atoms with Crippen molar-refractivity contribution >= 4 is 11.4 Å². The van der Waals surface area contributed by atoms with Crippen molar-refractivity contribution in [1.82, 2.24) is 5.32 Å². The number of nitrogens with one attached hydrogen (secondary N) is 2. The number of hydrogen-bond acceptors (Lipinski definition) is 5. The molecule has 0 amide bonds. The van der Waals surface area contributed by atoms with Crippen LogP contribution in [-0.2, 0) is 0 Å². The zero-order chi connectivity index (χ0) is 14.8. The smallest absolute Gasteiger partial charge is 0.311 e. The van der Waals surface area contributed by atoms with Crippen LogP contribution in [0.2, 0.25) is 0 Å². The van der Waals surface area contributed by atoms with E-state index in [1.807, 2.05) is 6.92 Å². The first kappa shape index (κ1) is 16.2. The topological polar surface area (TPSA) is 76.4 Å². The van der Waals surface area contributed by atoms with Crippen LogP contribution in [0.3, 0.4) is 0 Å². The zero-order valence-electron chi connectivity index (χ0n) is 12.1. The van der Waals surface area contributed by atoms with Crippen molar-refractivity contribution in [2.75, 3.05) is 31.6 Å². The highest BCUT2D eigenvalue weighted by Gasteiger charge is 2.15. The molecule has 0 spiro atoms. The summed E-state index contributed by atoms with van der Waals surface area (Å²) in [5, 5.41) is 17.4. The van der Waals surface area contributed by atoms with Crippen LogP contribution in [0.5, 0.6) is 5.75 Å². The summed E-state index contributed by atoms with van der Waals surface area (Å²) in [5.41, 5.74) is 0.856. The summed E-state index contributed by atoms with van der Waals surface area (Å²) in [7, 11) is 0. The van der Waals surface area contributed by atoms with E-state index >= 15 is 0 Å². The van der Waals surface area contributed by atoms with Crippen molar-refractivity contribution in [3.63, 3.8) is 0 Å². The van der Waals surface area contributed by atoms with Crippen LogP contribution in [0.1, 0.15) is 26.7 Å². The molecular weight excluding hydrogens is 258 g/mol. The zero-order valence-corrected chi connectivity index (χ0v) is 12.1. The Hall–Kier alpha value is -1.82. The number of hydrogen-bond donors (Lipinski definition) is 2. The van der Waals surface area contributed by atoms with Crippen molar-refractivity contribution in [3.05, 3.63) is 28.3 Å². The Balaban J connectivity index is 2.61. The van der Waals surface area contributed by atoms with Crippen molar-refractivity contribution in [2.45, 2.75) is 26.7 Å². The molecule has 6 heteroatoms. The number of rotatable bonds is 10. The van der Waals surface area contributed by atoms with Crippen LogP contribution in [-0.4, -0.2) is 31.2 Å². The predicted octanol–water partition coefficient (Wildman–Crippen LogP) is 2.80. The fourth-order valence-corrected chi connectivity index (χ4v) is 1.73. The van der Waals surface area contributed by atoms with Gasteiger partial charge in [0.05, 0.1) is 11.5 Å². The first-order valence-electron chi connectivity index (χ1n) is 7.04. The van der Waals surface area contributed by atoms with Crippen LogP contribution < -0.4 is 15.4 Å². The van der Waals surface area contributed by atoms with E-state index in [2.05, 4.69) is 17.6 Å². The van der Waals surface area contributed by atoms with Gasteiger partial charge in [0, 0.05) is 24.4 Å². The summed E-state index contributed by atoms with van der Waals surface area (Å²) in [6, 6.07) is 4.89. The highest BCUT2D eigenvalue weighted by atomic mass is 16.6. The maximum absolute atomic E-state index is 10.9. The number of nitro benzene ring substituents is 1. The quantitative estimate of drug-likeness (QED) is 0.392. The SMILES string of the molecule is CCCOc1cc(NCCCNCC)ccc1[N+](=O)[O-]. The Morgan fingerprint density at radius 2 is 2.10 bits per heavy atom. The average molecular weight is 281 g/mol. The second-order valence-electron chi connectivity index (χ2n) is 4.42. The summed E-state index contributed by atoms with van der Waals surface area (Å²) in [5.74, 6) is 0.327. The first-order valence-corrected chi connectivity index (χ1v) is 7.04. The van der Waals surface area contributed by atoms with Crippen molar-refractivity contribution < 1.29 is 9.66 Å². The number of benzene rings is 1. The molecule has 0 bridgehead atoms. The van der Waals surface area contributed by atoms with Gasteiger partial charge in [0.2, 0.25) is 0 Å². The first-order chi connectivity index (χ1) is 9.69. The minimum atomic E-state index is -0.417. The third-order valence-electron chi connectivity index (χ3n) is 2.73. The van der Waals surface area contributed by atoms with Gasteiger partial charge in [-0.25, -0.2) is 0 Å². The van der Waals surface area contributed by atoms with Gasteiger partial charge in [0.15, 0.2) is 5.75 Å². The molecule has 0 aliphatic heterocycles. The molecule has 0 aliphatic carbocycles. The Morgan fingerprint density at radius 3 is 2.75 bits per heavy atom. The number of nitrogens with zero attached hydrogens (tertiary/aromatic N) is 1. The van der Waals surface area contributed by atoms with Gasteiger partial charge in [-0.05, 0) is 32.0 Å². The van der Waals surface area contributed by atoms with Gasteiger partial charge in [-0.1, -0.05) is 13.8 Å². The molecule has 0 heterocycles. The summed E-state index contributed by atoms with van der Waals surface area (Å²) in [6.07, 6.45) is 1.81. The van der Waals surface area contributed by atoms with Crippen LogP contribution in [0, 0.1) is 10.1 Å². The van der Waals surface area contributed by atoms with E-state index in [0.29, 0.717) is 12.4 Å². The number of nitro groups is 1. The van der Waals surface area contributed by atoms with Gasteiger partial charge >= 0.3 is 5.69 Å². The minimum absolute atomic E-state index is 0.0108. The molecule has 1 aromatic rings. The van der Waals surface area contributed by atoms with E-state index in [9.17, 15) is 10.1 Å². The maximum Gasteiger partial charge on any atom is 0.311 e. The van der Waals surface area contributed by atoms with Gasteiger partial charge in [-0.2, -0.15) is 0 Å². The van der Waals surface area contributed by atoms with Crippen molar-refractivity contribution in [2.24, 2.45) is 0 Å². The molecule has 0 atom stereocenters. The molecule has 2 N–H and O–H groups in total.